The van der Waals surface area contributed by atoms with Crippen molar-refractivity contribution < 1.29 is 0 Å². The predicted octanol–water partition coefficient (Wildman–Crippen LogP) is 4.41. The van der Waals surface area contributed by atoms with Crippen molar-refractivity contribution in [2.24, 2.45) is 5.73 Å². The van der Waals surface area contributed by atoms with Gasteiger partial charge in [0.05, 0.1) is 0 Å². The highest BCUT2D eigenvalue weighted by molar-refractivity contribution is 9.10. The topological polar surface area (TPSA) is 26.0 Å². The predicted molar refractivity (Wildman–Crippen MR) is 74.1 cm³/mol. The Bertz CT molecular complexity index is 483. The number of hydrogen-bond acceptors (Lipinski definition) is 2. The zero-order valence-corrected chi connectivity index (χ0v) is 11.6. The van der Waals surface area contributed by atoms with Crippen LogP contribution < -0.4 is 5.73 Å². The van der Waals surface area contributed by atoms with Crippen LogP contribution in [-0.4, -0.2) is 0 Å². The third-order valence-corrected chi connectivity index (χ3v) is 4.56. The van der Waals surface area contributed by atoms with Crippen molar-refractivity contribution in [1.29, 1.82) is 0 Å². The minimum absolute atomic E-state index is 0.0211. The van der Waals surface area contributed by atoms with E-state index in [4.69, 9.17) is 17.3 Å². The molecule has 0 aliphatic carbocycles. The minimum atomic E-state index is 0.0211. The molecule has 4 heteroatoms. The molecule has 0 aliphatic rings. The SMILES string of the molecule is NC(Cc1cccc(Cl)c1)c1sccc1Br. The molecule has 0 amide bonds. The molecular weight excluding hydrogens is 306 g/mol. The molecule has 1 atom stereocenters. The minimum Gasteiger partial charge on any atom is -0.323 e. The maximum atomic E-state index is 6.16. The van der Waals surface area contributed by atoms with Gasteiger partial charge in [-0.25, -0.2) is 0 Å². The lowest BCUT2D eigenvalue weighted by Crippen LogP contribution is -2.12. The summed E-state index contributed by atoms with van der Waals surface area (Å²) < 4.78 is 1.09. The van der Waals surface area contributed by atoms with Crippen LogP contribution in [0.1, 0.15) is 16.5 Å². The summed E-state index contributed by atoms with van der Waals surface area (Å²) in [5.74, 6) is 0. The Morgan fingerprint density at radius 3 is 2.81 bits per heavy atom. The van der Waals surface area contributed by atoms with Gasteiger partial charge in [-0.2, -0.15) is 0 Å². The van der Waals surface area contributed by atoms with Crippen molar-refractivity contribution in [2.45, 2.75) is 12.5 Å². The van der Waals surface area contributed by atoms with Crippen LogP contribution in [0.2, 0.25) is 5.02 Å². The lowest BCUT2D eigenvalue weighted by molar-refractivity contribution is 0.734. The standard InChI is InChI=1S/C12H11BrClNS/c13-10-4-5-16-12(10)11(15)7-8-2-1-3-9(14)6-8/h1-6,11H,7,15H2. The first-order chi connectivity index (χ1) is 7.66. The Balaban J connectivity index is 2.14. The van der Waals surface area contributed by atoms with Crippen LogP contribution >= 0.6 is 38.9 Å². The monoisotopic (exact) mass is 315 g/mol. The van der Waals surface area contributed by atoms with E-state index < -0.39 is 0 Å². The van der Waals surface area contributed by atoms with Crippen molar-refractivity contribution in [2.75, 3.05) is 0 Å². The van der Waals surface area contributed by atoms with Crippen LogP contribution in [0.5, 0.6) is 0 Å². The van der Waals surface area contributed by atoms with Gasteiger partial charge in [0.1, 0.15) is 0 Å². The second kappa shape index (κ2) is 5.32. The van der Waals surface area contributed by atoms with Gasteiger partial charge >= 0.3 is 0 Å². The van der Waals surface area contributed by atoms with Crippen LogP contribution in [0.4, 0.5) is 0 Å². The van der Waals surface area contributed by atoms with Crippen molar-refractivity contribution in [3.63, 3.8) is 0 Å². The molecule has 1 aromatic carbocycles. The normalized spacial score (nSPS) is 12.7. The van der Waals surface area contributed by atoms with Gasteiger partial charge in [0.15, 0.2) is 0 Å². The lowest BCUT2D eigenvalue weighted by atomic mass is 10.1. The molecule has 84 valence electrons. The largest absolute Gasteiger partial charge is 0.323 e. The Morgan fingerprint density at radius 1 is 1.38 bits per heavy atom. The van der Waals surface area contributed by atoms with Crippen molar-refractivity contribution in [1.82, 2.24) is 0 Å². The van der Waals surface area contributed by atoms with Crippen LogP contribution in [-0.2, 0) is 6.42 Å². The Kier molecular flexibility index (Phi) is 4.03. The van der Waals surface area contributed by atoms with Gasteiger partial charge in [-0.15, -0.1) is 11.3 Å². The van der Waals surface area contributed by atoms with E-state index in [1.54, 1.807) is 11.3 Å². The Hall–Kier alpha value is -0.350. The molecule has 0 radical (unpaired) electrons. The van der Waals surface area contributed by atoms with Crippen molar-refractivity contribution >= 4 is 38.9 Å². The summed E-state index contributed by atoms with van der Waals surface area (Å²) >= 11 is 11.1. The van der Waals surface area contributed by atoms with Gasteiger partial charge in [0.25, 0.3) is 0 Å². The zero-order chi connectivity index (χ0) is 11.5. The molecule has 0 saturated carbocycles. The van der Waals surface area contributed by atoms with E-state index in [1.807, 2.05) is 35.7 Å². The molecule has 1 heterocycles. The molecule has 2 rings (SSSR count). The number of rotatable bonds is 3. The van der Waals surface area contributed by atoms with Gasteiger partial charge in [0.2, 0.25) is 0 Å². The van der Waals surface area contributed by atoms with Gasteiger partial charge in [-0.05, 0) is 51.5 Å². The first kappa shape index (κ1) is 12.1. The van der Waals surface area contributed by atoms with Crippen molar-refractivity contribution in [3.05, 3.63) is 55.6 Å². The van der Waals surface area contributed by atoms with Crippen LogP contribution in [0.25, 0.3) is 0 Å². The first-order valence-corrected chi connectivity index (χ1v) is 6.95. The number of halogens is 2. The highest BCUT2D eigenvalue weighted by Gasteiger charge is 2.12. The fourth-order valence-corrected chi connectivity index (χ4v) is 3.46. The average Bonchev–Trinajstić information content (AvgIpc) is 2.64. The molecule has 0 spiro atoms. The Labute approximate surface area is 112 Å². The fraction of sp³-hybridized carbons (Fsp3) is 0.167. The van der Waals surface area contributed by atoms with Gasteiger partial charge in [-0.3, -0.25) is 0 Å². The van der Waals surface area contributed by atoms with Crippen molar-refractivity contribution in [3.8, 4) is 0 Å². The number of benzene rings is 1. The summed E-state index contributed by atoms with van der Waals surface area (Å²) in [7, 11) is 0. The van der Waals surface area contributed by atoms with Gasteiger partial charge in [0, 0.05) is 20.4 Å². The summed E-state index contributed by atoms with van der Waals surface area (Å²) in [6, 6.07) is 9.88. The number of nitrogens with two attached hydrogens (primary N) is 1. The number of thiophene rings is 1. The van der Waals surface area contributed by atoms with Crippen LogP contribution in [0.3, 0.4) is 0 Å². The zero-order valence-electron chi connectivity index (χ0n) is 8.49. The number of hydrogen-bond donors (Lipinski definition) is 1. The molecule has 0 saturated heterocycles. The third kappa shape index (κ3) is 2.86. The Morgan fingerprint density at radius 2 is 2.19 bits per heavy atom. The molecule has 1 nitrogen and oxygen atoms in total. The molecule has 2 aromatic rings. The summed E-state index contributed by atoms with van der Waals surface area (Å²) in [4.78, 5) is 1.18. The highest BCUT2D eigenvalue weighted by Crippen LogP contribution is 2.29. The molecule has 16 heavy (non-hydrogen) atoms. The maximum Gasteiger partial charge on any atom is 0.0442 e. The maximum absolute atomic E-state index is 6.16. The summed E-state index contributed by atoms with van der Waals surface area (Å²) in [6.45, 7) is 0. The van der Waals surface area contributed by atoms with Gasteiger partial charge in [-0.1, -0.05) is 23.7 Å². The smallest absolute Gasteiger partial charge is 0.0442 e. The fourth-order valence-electron chi connectivity index (χ4n) is 1.58. The molecule has 0 bridgehead atoms. The summed E-state index contributed by atoms with van der Waals surface area (Å²) in [6.07, 6.45) is 0.805. The third-order valence-electron chi connectivity index (χ3n) is 2.33. The van der Waals surface area contributed by atoms with E-state index in [9.17, 15) is 0 Å². The van der Waals surface area contributed by atoms with Crippen LogP contribution in [0.15, 0.2) is 40.2 Å². The first-order valence-electron chi connectivity index (χ1n) is 4.89. The van der Waals surface area contributed by atoms with Gasteiger partial charge < -0.3 is 5.73 Å². The summed E-state index contributed by atoms with van der Waals surface area (Å²) in [5, 5.41) is 2.80. The van der Waals surface area contributed by atoms with E-state index in [0.29, 0.717) is 0 Å². The molecular formula is C12H11BrClNS. The summed E-state index contributed by atoms with van der Waals surface area (Å²) in [5.41, 5.74) is 7.33. The quantitative estimate of drug-likeness (QED) is 0.892. The van der Waals surface area contributed by atoms with Crippen LogP contribution in [0, 0.1) is 0 Å². The average molecular weight is 317 g/mol. The molecule has 1 unspecified atom stereocenters. The second-order valence-corrected chi connectivity index (χ2v) is 5.81. The molecule has 2 N–H and O–H groups in total. The van der Waals surface area contributed by atoms with E-state index in [0.717, 1.165) is 15.9 Å². The molecule has 1 aromatic heterocycles. The van der Waals surface area contributed by atoms with E-state index in [2.05, 4.69) is 15.9 Å². The second-order valence-electron chi connectivity index (χ2n) is 3.57. The van der Waals surface area contributed by atoms with E-state index in [-0.39, 0.29) is 6.04 Å². The molecule has 0 aliphatic heterocycles. The highest BCUT2D eigenvalue weighted by atomic mass is 79.9. The van der Waals surface area contributed by atoms with E-state index >= 15 is 0 Å². The lowest BCUT2D eigenvalue weighted by Gasteiger charge is -2.10. The van der Waals surface area contributed by atoms with E-state index in [1.165, 1.54) is 10.4 Å². The molecule has 0 fully saturated rings.